The van der Waals surface area contributed by atoms with E-state index in [1.165, 1.54) is 12.5 Å². The third-order valence-corrected chi connectivity index (χ3v) is 6.86. The number of amides is 2. The molecule has 0 spiro atoms. The molecule has 0 atom stereocenters. The first-order valence-electron chi connectivity index (χ1n) is 10.9. The van der Waals surface area contributed by atoms with Crippen molar-refractivity contribution in [1.29, 1.82) is 0 Å². The summed E-state index contributed by atoms with van der Waals surface area (Å²) in [6.45, 7) is 2.01. The predicted molar refractivity (Wildman–Crippen MR) is 129 cm³/mol. The van der Waals surface area contributed by atoms with Crippen LogP contribution in [0, 0.1) is 0 Å². The standard InChI is InChI=1S/C24H29ClN4O2.ClH/c1-16(30)28-22-8-5-17(14-27-22)23(31)29(20-6-7-20)21-9-11-24(15-26,12-10-21)18-3-2-4-19(25)13-18;/h2-5,8,13-14,20-21H,6-7,9-12,15,26H2,1H3,(H,27,28,30);1H/t21-,24-;. The van der Waals surface area contributed by atoms with Crippen molar-refractivity contribution < 1.29 is 9.59 Å². The maximum atomic E-state index is 13.4. The van der Waals surface area contributed by atoms with E-state index < -0.39 is 0 Å². The van der Waals surface area contributed by atoms with Gasteiger partial charge in [-0.3, -0.25) is 9.59 Å². The molecule has 2 fully saturated rings. The van der Waals surface area contributed by atoms with Gasteiger partial charge in [-0.25, -0.2) is 4.98 Å². The molecule has 3 N–H and O–H groups in total. The van der Waals surface area contributed by atoms with Crippen LogP contribution in [0.5, 0.6) is 0 Å². The number of anilines is 1. The molecule has 0 bridgehead atoms. The van der Waals surface area contributed by atoms with Crippen LogP contribution < -0.4 is 11.1 Å². The highest BCUT2D eigenvalue weighted by Gasteiger charge is 2.43. The van der Waals surface area contributed by atoms with Gasteiger partial charge in [0, 0.05) is 42.2 Å². The summed E-state index contributed by atoms with van der Waals surface area (Å²) in [4.78, 5) is 30.9. The summed E-state index contributed by atoms with van der Waals surface area (Å²) < 4.78 is 0. The van der Waals surface area contributed by atoms with Gasteiger partial charge in [-0.05, 0) is 68.4 Å². The molecule has 0 saturated heterocycles. The zero-order chi connectivity index (χ0) is 22.0. The first-order chi connectivity index (χ1) is 14.9. The Morgan fingerprint density at radius 2 is 1.84 bits per heavy atom. The lowest BCUT2D eigenvalue weighted by molar-refractivity contribution is -0.114. The molecule has 1 heterocycles. The van der Waals surface area contributed by atoms with Crippen molar-refractivity contribution >= 4 is 41.6 Å². The summed E-state index contributed by atoms with van der Waals surface area (Å²) >= 11 is 6.24. The molecule has 2 saturated carbocycles. The number of hydrogen-bond acceptors (Lipinski definition) is 4. The largest absolute Gasteiger partial charge is 0.333 e. The Labute approximate surface area is 200 Å². The van der Waals surface area contributed by atoms with Crippen LogP contribution in [0.1, 0.15) is 61.4 Å². The van der Waals surface area contributed by atoms with Gasteiger partial charge in [0.15, 0.2) is 0 Å². The number of carbonyl (C=O) groups is 2. The Bertz CT molecular complexity index is 955. The molecule has 2 aliphatic carbocycles. The Hall–Kier alpha value is -2.15. The van der Waals surface area contributed by atoms with Gasteiger partial charge in [-0.2, -0.15) is 0 Å². The molecule has 1 aromatic heterocycles. The third-order valence-electron chi connectivity index (χ3n) is 6.62. The van der Waals surface area contributed by atoms with Crippen molar-refractivity contribution in [2.45, 2.75) is 62.9 Å². The second kappa shape index (κ2) is 10.2. The molecule has 172 valence electrons. The fourth-order valence-corrected chi connectivity index (χ4v) is 4.96. The Morgan fingerprint density at radius 3 is 2.38 bits per heavy atom. The van der Waals surface area contributed by atoms with E-state index in [0.29, 0.717) is 24.0 Å². The number of pyridine rings is 1. The van der Waals surface area contributed by atoms with Gasteiger partial charge in [0.25, 0.3) is 5.91 Å². The van der Waals surface area contributed by atoms with Crippen LogP contribution >= 0.6 is 24.0 Å². The molecule has 2 amide bonds. The molecule has 8 heteroatoms. The van der Waals surface area contributed by atoms with Gasteiger partial charge in [-0.1, -0.05) is 23.7 Å². The van der Waals surface area contributed by atoms with E-state index in [4.69, 9.17) is 17.3 Å². The number of nitrogens with one attached hydrogen (secondary N) is 1. The second-order valence-corrected chi connectivity index (χ2v) is 9.22. The van der Waals surface area contributed by atoms with Gasteiger partial charge in [0.2, 0.25) is 5.91 Å². The first kappa shape index (κ1) is 24.5. The predicted octanol–water partition coefficient (Wildman–Crippen LogP) is 4.56. The molecule has 2 aliphatic rings. The van der Waals surface area contributed by atoms with Gasteiger partial charge in [0.1, 0.15) is 5.82 Å². The van der Waals surface area contributed by atoms with Crippen molar-refractivity contribution in [3.05, 3.63) is 58.7 Å². The number of aromatic nitrogens is 1. The molecule has 0 unspecified atom stereocenters. The van der Waals surface area contributed by atoms with Gasteiger partial charge in [-0.15, -0.1) is 12.4 Å². The number of carbonyl (C=O) groups excluding carboxylic acids is 2. The van der Waals surface area contributed by atoms with Gasteiger partial charge in [0.05, 0.1) is 5.56 Å². The van der Waals surface area contributed by atoms with E-state index >= 15 is 0 Å². The van der Waals surface area contributed by atoms with Crippen molar-refractivity contribution in [3.63, 3.8) is 0 Å². The molecule has 0 aliphatic heterocycles. The summed E-state index contributed by atoms with van der Waals surface area (Å²) in [7, 11) is 0. The van der Waals surface area contributed by atoms with E-state index in [9.17, 15) is 9.59 Å². The number of hydrogen-bond donors (Lipinski definition) is 2. The number of benzene rings is 1. The quantitative estimate of drug-likeness (QED) is 0.639. The highest BCUT2D eigenvalue weighted by molar-refractivity contribution is 6.30. The van der Waals surface area contributed by atoms with E-state index in [-0.39, 0.29) is 35.7 Å². The second-order valence-electron chi connectivity index (χ2n) is 8.78. The first-order valence-corrected chi connectivity index (χ1v) is 11.3. The molecule has 32 heavy (non-hydrogen) atoms. The van der Waals surface area contributed by atoms with E-state index in [1.807, 2.05) is 18.2 Å². The summed E-state index contributed by atoms with van der Waals surface area (Å²) in [5.74, 6) is 0.294. The Morgan fingerprint density at radius 1 is 1.16 bits per heavy atom. The van der Waals surface area contributed by atoms with E-state index in [0.717, 1.165) is 43.5 Å². The minimum Gasteiger partial charge on any atom is -0.333 e. The molecule has 2 aromatic rings. The zero-order valence-electron chi connectivity index (χ0n) is 18.2. The van der Waals surface area contributed by atoms with Crippen LogP contribution in [-0.4, -0.2) is 40.3 Å². The number of nitrogens with zero attached hydrogens (tertiary/aromatic N) is 2. The topological polar surface area (TPSA) is 88.3 Å². The highest BCUT2D eigenvalue weighted by Crippen LogP contribution is 2.43. The highest BCUT2D eigenvalue weighted by atomic mass is 35.5. The maximum absolute atomic E-state index is 13.4. The monoisotopic (exact) mass is 476 g/mol. The van der Waals surface area contributed by atoms with Crippen LogP contribution in [0.4, 0.5) is 5.82 Å². The van der Waals surface area contributed by atoms with Crippen molar-refractivity contribution in [3.8, 4) is 0 Å². The van der Waals surface area contributed by atoms with Crippen LogP contribution in [0.2, 0.25) is 5.02 Å². The average molecular weight is 477 g/mol. The smallest absolute Gasteiger partial charge is 0.255 e. The molecular formula is C24H30Cl2N4O2. The lowest BCUT2D eigenvalue weighted by Crippen LogP contribution is -2.48. The average Bonchev–Trinajstić information content (AvgIpc) is 3.60. The minimum absolute atomic E-state index is 0. The number of rotatable bonds is 6. The molecule has 1 aromatic carbocycles. The summed E-state index contributed by atoms with van der Waals surface area (Å²) in [6.07, 6.45) is 7.37. The van der Waals surface area contributed by atoms with Crippen molar-refractivity contribution in [2.24, 2.45) is 5.73 Å². The van der Waals surface area contributed by atoms with Crippen molar-refractivity contribution in [1.82, 2.24) is 9.88 Å². The van der Waals surface area contributed by atoms with Gasteiger partial charge < -0.3 is 16.0 Å². The molecule has 0 radical (unpaired) electrons. The summed E-state index contributed by atoms with van der Waals surface area (Å²) in [5.41, 5.74) is 7.93. The molecular weight excluding hydrogens is 447 g/mol. The maximum Gasteiger partial charge on any atom is 0.255 e. The summed E-state index contributed by atoms with van der Waals surface area (Å²) in [6, 6.07) is 12.0. The van der Waals surface area contributed by atoms with Crippen LogP contribution in [0.15, 0.2) is 42.6 Å². The lowest BCUT2D eigenvalue weighted by Gasteiger charge is -2.44. The fourth-order valence-electron chi connectivity index (χ4n) is 4.77. The Kier molecular flexibility index (Phi) is 7.80. The number of nitrogens with two attached hydrogens (primary N) is 1. The minimum atomic E-state index is -0.184. The number of halogens is 2. The third kappa shape index (κ3) is 5.25. The lowest BCUT2D eigenvalue weighted by atomic mass is 9.68. The molecule has 6 nitrogen and oxygen atoms in total. The zero-order valence-corrected chi connectivity index (χ0v) is 19.8. The van der Waals surface area contributed by atoms with Crippen LogP contribution in [0.3, 0.4) is 0 Å². The Balaban J connectivity index is 0.00000289. The SMILES string of the molecule is CC(=O)Nc1ccc(C(=O)N(C2CC2)[C@H]2CC[C@](CN)(c3cccc(Cl)c3)CC2)cn1.Cl. The van der Waals surface area contributed by atoms with E-state index in [1.54, 1.807) is 18.3 Å². The van der Waals surface area contributed by atoms with Crippen LogP contribution in [-0.2, 0) is 10.2 Å². The summed E-state index contributed by atoms with van der Waals surface area (Å²) in [5, 5.41) is 3.37. The van der Waals surface area contributed by atoms with E-state index in [2.05, 4.69) is 21.3 Å². The fraction of sp³-hybridized carbons (Fsp3) is 0.458. The van der Waals surface area contributed by atoms with Crippen LogP contribution in [0.25, 0.3) is 0 Å². The van der Waals surface area contributed by atoms with Crippen molar-refractivity contribution in [2.75, 3.05) is 11.9 Å². The normalized spacial score (nSPS) is 22.5. The molecule has 4 rings (SSSR count). The van der Waals surface area contributed by atoms with Gasteiger partial charge >= 0.3 is 0 Å².